The number of pyridine rings is 1. The summed E-state index contributed by atoms with van der Waals surface area (Å²) in [5.41, 5.74) is 7.98. The van der Waals surface area contributed by atoms with Crippen LogP contribution in [-0.4, -0.2) is 10.9 Å². The Labute approximate surface area is 125 Å². The lowest BCUT2D eigenvalue weighted by atomic mass is 10.2. The Kier molecular flexibility index (Phi) is 3.27. The van der Waals surface area contributed by atoms with Gasteiger partial charge in [0.05, 0.1) is 17.1 Å². The number of fused-ring (bicyclic) bond motifs is 1. The van der Waals surface area contributed by atoms with Crippen molar-refractivity contribution in [2.75, 3.05) is 5.32 Å². The first kappa shape index (κ1) is 13.5. The van der Waals surface area contributed by atoms with Crippen LogP contribution in [0.4, 0.5) is 11.4 Å². The summed E-state index contributed by atoms with van der Waals surface area (Å²) in [6, 6.07) is 8.77. The first-order valence-electron chi connectivity index (χ1n) is 6.27. The number of carbonyl (C=O) groups is 1. The van der Waals surface area contributed by atoms with E-state index in [0.29, 0.717) is 21.7 Å². The van der Waals surface area contributed by atoms with Crippen molar-refractivity contribution in [3.05, 3.63) is 53.0 Å². The molecule has 3 rings (SSSR count). The van der Waals surface area contributed by atoms with E-state index in [4.69, 9.17) is 21.8 Å². The van der Waals surface area contributed by atoms with E-state index in [1.54, 1.807) is 30.5 Å². The molecular formula is C15H12ClN3O2. The number of benzene rings is 1. The molecule has 1 amide bonds. The van der Waals surface area contributed by atoms with E-state index in [0.717, 1.165) is 11.4 Å². The van der Waals surface area contributed by atoms with E-state index in [9.17, 15) is 4.79 Å². The molecule has 0 atom stereocenters. The highest BCUT2D eigenvalue weighted by Gasteiger charge is 2.19. The maximum absolute atomic E-state index is 11.6. The number of aryl methyl sites for hydroxylation is 1. The molecular weight excluding hydrogens is 290 g/mol. The zero-order chi connectivity index (χ0) is 15.0. The molecule has 0 saturated heterocycles. The molecule has 0 fully saturated rings. The quantitative estimate of drug-likeness (QED) is 0.774. The van der Waals surface area contributed by atoms with Gasteiger partial charge in [0, 0.05) is 16.6 Å². The number of anilines is 2. The van der Waals surface area contributed by atoms with Gasteiger partial charge in [-0.15, -0.1) is 0 Å². The number of hydrogen-bond donors (Lipinski definition) is 2. The minimum atomic E-state index is -0.647. The molecule has 0 saturated carbocycles. The predicted molar refractivity (Wildman–Crippen MR) is 82.0 cm³/mol. The smallest absolute Gasteiger partial charge is 0.286 e. The first-order chi connectivity index (χ1) is 10.1. The van der Waals surface area contributed by atoms with Gasteiger partial charge >= 0.3 is 0 Å². The van der Waals surface area contributed by atoms with Crippen LogP contribution in [0.1, 0.15) is 16.2 Å². The second-order valence-electron chi connectivity index (χ2n) is 4.57. The first-order valence-corrected chi connectivity index (χ1v) is 6.64. The van der Waals surface area contributed by atoms with Crippen LogP contribution in [0.3, 0.4) is 0 Å². The van der Waals surface area contributed by atoms with E-state index in [1.165, 1.54) is 0 Å². The Bertz CT molecular complexity index is 842. The number of furan rings is 1. The maximum Gasteiger partial charge on any atom is 0.286 e. The van der Waals surface area contributed by atoms with Crippen molar-refractivity contribution in [1.29, 1.82) is 0 Å². The van der Waals surface area contributed by atoms with Gasteiger partial charge in [-0.3, -0.25) is 9.78 Å². The number of nitrogens with zero attached hydrogens (tertiary/aromatic N) is 1. The molecule has 0 aliphatic carbocycles. The third-order valence-corrected chi connectivity index (χ3v) is 3.38. The van der Waals surface area contributed by atoms with Crippen molar-refractivity contribution < 1.29 is 9.21 Å². The number of halogens is 1. The van der Waals surface area contributed by atoms with Crippen molar-refractivity contribution in [2.24, 2.45) is 5.73 Å². The number of rotatable bonds is 3. The van der Waals surface area contributed by atoms with Crippen LogP contribution in [0, 0.1) is 6.92 Å². The second-order valence-corrected chi connectivity index (χ2v) is 5.01. The number of aromatic nitrogens is 1. The fraction of sp³-hybridized carbons (Fsp3) is 0.0667. The molecule has 6 heteroatoms. The highest BCUT2D eigenvalue weighted by molar-refractivity contribution is 6.31. The van der Waals surface area contributed by atoms with Gasteiger partial charge in [0.2, 0.25) is 5.76 Å². The summed E-state index contributed by atoms with van der Waals surface area (Å²) < 4.78 is 5.51. The largest absolute Gasteiger partial charge is 0.449 e. The molecule has 0 aliphatic heterocycles. The predicted octanol–water partition coefficient (Wildman–Crippen LogP) is 3.63. The standard InChI is InChI=1S/C15H12ClN3O2/c1-8-11(3-2-6-18-8)19-13-10-7-9(16)4-5-12(10)21-14(13)15(17)20/h2-7,19H,1H3,(H2,17,20). The highest BCUT2D eigenvalue weighted by Crippen LogP contribution is 2.35. The van der Waals surface area contributed by atoms with Gasteiger partial charge < -0.3 is 15.5 Å². The summed E-state index contributed by atoms with van der Waals surface area (Å²) in [7, 11) is 0. The fourth-order valence-electron chi connectivity index (χ4n) is 2.12. The highest BCUT2D eigenvalue weighted by atomic mass is 35.5. The lowest BCUT2D eigenvalue weighted by Gasteiger charge is -2.08. The molecule has 3 aromatic rings. The third kappa shape index (κ3) is 2.43. The third-order valence-electron chi connectivity index (χ3n) is 3.14. The van der Waals surface area contributed by atoms with Crippen LogP contribution in [0.5, 0.6) is 0 Å². The molecule has 21 heavy (non-hydrogen) atoms. The van der Waals surface area contributed by atoms with E-state index in [-0.39, 0.29) is 5.76 Å². The minimum absolute atomic E-state index is 0.0653. The van der Waals surface area contributed by atoms with Gasteiger partial charge in [-0.25, -0.2) is 0 Å². The molecule has 2 heterocycles. The summed E-state index contributed by atoms with van der Waals surface area (Å²) in [5.74, 6) is -0.582. The lowest BCUT2D eigenvalue weighted by molar-refractivity contribution is 0.0977. The van der Waals surface area contributed by atoms with Crippen molar-refractivity contribution in [3.8, 4) is 0 Å². The Morgan fingerprint density at radius 1 is 1.38 bits per heavy atom. The minimum Gasteiger partial charge on any atom is -0.449 e. The number of nitrogens with one attached hydrogen (secondary N) is 1. The summed E-state index contributed by atoms with van der Waals surface area (Å²) >= 11 is 6.02. The number of nitrogens with two attached hydrogens (primary N) is 1. The summed E-state index contributed by atoms with van der Waals surface area (Å²) in [4.78, 5) is 15.8. The monoisotopic (exact) mass is 301 g/mol. The van der Waals surface area contributed by atoms with Gasteiger partial charge in [-0.05, 0) is 37.3 Å². The van der Waals surface area contributed by atoms with Crippen LogP contribution in [0.2, 0.25) is 5.02 Å². The summed E-state index contributed by atoms with van der Waals surface area (Å²) in [6.45, 7) is 1.86. The van der Waals surface area contributed by atoms with E-state index in [1.807, 2.05) is 13.0 Å². The van der Waals surface area contributed by atoms with E-state index in [2.05, 4.69) is 10.3 Å². The Morgan fingerprint density at radius 3 is 2.90 bits per heavy atom. The Balaban J connectivity index is 2.20. The average Bonchev–Trinajstić information content (AvgIpc) is 2.80. The zero-order valence-electron chi connectivity index (χ0n) is 11.2. The molecule has 0 spiro atoms. The van der Waals surface area contributed by atoms with Crippen LogP contribution >= 0.6 is 11.6 Å². The topological polar surface area (TPSA) is 81.1 Å². The van der Waals surface area contributed by atoms with Crippen molar-refractivity contribution in [2.45, 2.75) is 6.92 Å². The molecule has 106 valence electrons. The van der Waals surface area contributed by atoms with Gasteiger partial charge in [-0.2, -0.15) is 0 Å². The average molecular weight is 302 g/mol. The summed E-state index contributed by atoms with van der Waals surface area (Å²) in [5, 5.41) is 4.40. The lowest BCUT2D eigenvalue weighted by Crippen LogP contribution is -2.11. The van der Waals surface area contributed by atoms with E-state index < -0.39 is 5.91 Å². The van der Waals surface area contributed by atoms with Crippen LogP contribution < -0.4 is 11.1 Å². The SMILES string of the molecule is Cc1ncccc1Nc1c(C(N)=O)oc2ccc(Cl)cc12. The second kappa shape index (κ2) is 5.10. The molecule has 1 aromatic carbocycles. The summed E-state index contributed by atoms with van der Waals surface area (Å²) in [6.07, 6.45) is 1.69. The van der Waals surface area contributed by atoms with Crippen molar-refractivity contribution >= 4 is 39.9 Å². The Hall–Kier alpha value is -2.53. The molecule has 0 radical (unpaired) electrons. The molecule has 5 nitrogen and oxygen atoms in total. The van der Waals surface area contributed by atoms with Gasteiger partial charge in [0.15, 0.2) is 0 Å². The normalized spacial score (nSPS) is 10.8. The van der Waals surface area contributed by atoms with Crippen molar-refractivity contribution in [3.63, 3.8) is 0 Å². The molecule has 0 unspecified atom stereocenters. The molecule has 3 N–H and O–H groups in total. The van der Waals surface area contributed by atoms with Gasteiger partial charge in [0.1, 0.15) is 5.58 Å². The number of primary amides is 1. The molecule has 2 aromatic heterocycles. The molecule has 0 bridgehead atoms. The van der Waals surface area contributed by atoms with Gasteiger partial charge in [0.25, 0.3) is 5.91 Å². The van der Waals surface area contributed by atoms with Crippen LogP contribution in [0.15, 0.2) is 40.9 Å². The maximum atomic E-state index is 11.6. The Morgan fingerprint density at radius 2 is 2.19 bits per heavy atom. The van der Waals surface area contributed by atoms with Crippen LogP contribution in [0.25, 0.3) is 11.0 Å². The molecule has 0 aliphatic rings. The van der Waals surface area contributed by atoms with Crippen LogP contribution in [-0.2, 0) is 0 Å². The number of hydrogen-bond acceptors (Lipinski definition) is 4. The van der Waals surface area contributed by atoms with Crippen molar-refractivity contribution in [1.82, 2.24) is 4.98 Å². The van der Waals surface area contributed by atoms with Gasteiger partial charge in [-0.1, -0.05) is 11.6 Å². The van der Waals surface area contributed by atoms with E-state index >= 15 is 0 Å². The number of carbonyl (C=O) groups excluding carboxylic acids is 1. The number of amides is 1. The fourth-order valence-corrected chi connectivity index (χ4v) is 2.29. The zero-order valence-corrected chi connectivity index (χ0v) is 11.9.